The molecule has 0 unspecified atom stereocenters. The predicted octanol–water partition coefficient (Wildman–Crippen LogP) is 5.60. The van der Waals surface area contributed by atoms with Gasteiger partial charge in [0, 0.05) is 20.9 Å². The van der Waals surface area contributed by atoms with Gasteiger partial charge >= 0.3 is 0 Å². The number of hydrogen-bond acceptors (Lipinski definition) is 4. The van der Waals surface area contributed by atoms with Crippen LogP contribution in [0, 0.1) is 0 Å². The molecule has 4 heteroatoms. The van der Waals surface area contributed by atoms with Crippen molar-refractivity contribution < 1.29 is 9.59 Å². The number of carbonyl (C=O) groups excluding carboxylic acids is 2. The summed E-state index contributed by atoms with van der Waals surface area (Å²) in [6.07, 6.45) is 6.71. The van der Waals surface area contributed by atoms with Crippen LogP contribution < -0.4 is 0 Å². The number of allylic oxidation sites excluding steroid dienone is 2. The van der Waals surface area contributed by atoms with Gasteiger partial charge in [0.2, 0.25) is 0 Å². The molecule has 0 atom stereocenters. The van der Waals surface area contributed by atoms with Gasteiger partial charge in [-0.25, -0.2) is 0 Å². The van der Waals surface area contributed by atoms with Crippen LogP contribution in [0.2, 0.25) is 0 Å². The third kappa shape index (κ3) is 4.25. The zero-order valence-corrected chi connectivity index (χ0v) is 14.3. The van der Waals surface area contributed by atoms with Gasteiger partial charge in [0.05, 0.1) is 0 Å². The molecule has 2 heterocycles. The quantitative estimate of drug-likeness (QED) is 0.428. The Morgan fingerprint density at radius 1 is 0.667 bits per heavy atom. The van der Waals surface area contributed by atoms with Gasteiger partial charge in [-0.05, 0) is 47.2 Å². The van der Waals surface area contributed by atoms with Gasteiger partial charge in [-0.15, -0.1) is 22.7 Å². The smallest absolute Gasteiger partial charge is 0.185 e. The molecule has 3 aromatic rings. The fourth-order valence-corrected chi connectivity index (χ4v) is 3.32. The van der Waals surface area contributed by atoms with Crippen molar-refractivity contribution in [3.63, 3.8) is 0 Å². The second kappa shape index (κ2) is 7.81. The van der Waals surface area contributed by atoms with Crippen molar-refractivity contribution in [3.05, 3.63) is 92.3 Å². The Kier molecular flexibility index (Phi) is 5.31. The summed E-state index contributed by atoms with van der Waals surface area (Å²) < 4.78 is 0. The average Bonchev–Trinajstić information content (AvgIpc) is 3.31. The van der Waals surface area contributed by atoms with E-state index in [1.54, 1.807) is 71.2 Å². The molecule has 0 saturated carbocycles. The van der Waals surface area contributed by atoms with E-state index in [0.29, 0.717) is 11.1 Å². The maximum Gasteiger partial charge on any atom is 0.185 e. The first kappa shape index (κ1) is 16.3. The average molecular weight is 350 g/mol. The first-order valence-electron chi connectivity index (χ1n) is 7.34. The van der Waals surface area contributed by atoms with E-state index in [1.807, 2.05) is 35.0 Å². The summed E-state index contributed by atoms with van der Waals surface area (Å²) in [5, 5.41) is 3.93. The Balaban J connectivity index is 1.66. The van der Waals surface area contributed by atoms with Gasteiger partial charge in [0.25, 0.3) is 0 Å². The Hall–Kier alpha value is -2.56. The lowest BCUT2D eigenvalue weighted by atomic mass is 10.0. The lowest BCUT2D eigenvalue weighted by Crippen LogP contribution is -1.98. The summed E-state index contributed by atoms with van der Waals surface area (Å²) in [6.45, 7) is 0. The van der Waals surface area contributed by atoms with Crippen molar-refractivity contribution in [2.24, 2.45) is 0 Å². The molecule has 1 aromatic carbocycles. The largest absolute Gasteiger partial charge is 0.289 e. The minimum atomic E-state index is -0.0727. The highest BCUT2D eigenvalue weighted by atomic mass is 32.1. The molecule has 3 rings (SSSR count). The van der Waals surface area contributed by atoms with Crippen LogP contribution in [0.4, 0.5) is 0 Å². The molecule has 0 aliphatic rings. The minimum Gasteiger partial charge on any atom is -0.289 e. The van der Waals surface area contributed by atoms with Crippen LogP contribution in [-0.2, 0) is 0 Å². The summed E-state index contributed by atoms with van der Waals surface area (Å²) in [5.41, 5.74) is 1.14. The van der Waals surface area contributed by atoms with Crippen molar-refractivity contribution in [1.29, 1.82) is 0 Å². The summed E-state index contributed by atoms with van der Waals surface area (Å²) >= 11 is 3.16. The highest BCUT2D eigenvalue weighted by Gasteiger charge is 2.05. The number of thiophene rings is 2. The maximum absolute atomic E-state index is 12.1. The van der Waals surface area contributed by atoms with Gasteiger partial charge in [0.15, 0.2) is 11.6 Å². The minimum absolute atomic E-state index is 0.0727. The first-order valence-corrected chi connectivity index (χ1v) is 9.10. The predicted molar refractivity (Wildman–Crippen MR) is 102 cm³/mol. The van der Waals surface area contributed by atoms with E-state index in [1.165, 1.54) is 0 Å². The molecule has 0 aliphatic carbocycles. The lowest BCUT2D eigenvalue weighted by molar-refractivity contribution is 0.103. The van der Waals surface area contributed by atoms with Crippen molar-refractivity contribution in [1.82, 2.24) is 0 Å². The molecular formula is C20H14O2S2. The molecule has 0 bridgehead atoms. The second-order valence-electron chi connectivity index (χ2n) is 5.00. The molecule has 0 radical (unpaired) electrons. The number of hydrogen-bond donors (Lipinski definition) is 0. The second-order valence-corrected chi connectivity index (χ2v) is 6.96. The van der Waals surface area contributed by atoms with Crippen molar-refractivity contribution in [2.75, 3.05) is 0 Å². The number of carbonyl (C=O) groups is 2. The van der Waals surface area contributed by atoms with E-state index in [0.717, 1.165) is 9.75 Å². The van der Waals surface area contributed by atoms with Gasteiger partial charge in [-0.3, -0.25) is 9.59 Å². The van der Waals surface area contributed by atoms with Gasteiger partial charge in [-0.1, -0.05) is 36.4 Å². The topological polar surface area (TPSA) is 34.1 Å². The number of ketones is 2. The molecule has 0 saturated heterocycles. The van der Waals surface area contributed by atoms with E-state index in [2.05, 4.69) is 0 Å². The molecule has 0 spiro atoms. The molecular weight excluding hydrogens is 336 g/mol. The third-order valence-electron chi connectivity index (χ3n) is 3.34. The monoisotopic (exact) mass is 350 g/mol. The van der Waals surface area contributed by atoms with E-state index in [-0.39, 0.29) is 11.6 Å². The van der Waals surface area contributed by atoms with Gasteiger partial charge in [0.1, 0.15) is 0 Å². The van der Waals surface area contributed by atoms with E-state index in [9.17, 15) is 9.59 Å². The molecule has 118 valence electrons. The molecule has 2 nitrogen and oxygen atoms in total. The fraction of sp³-hybridized carbons (Fsp3) is 0. The van der Waals surface area contributed by atoms with E-state index in [4.69, 9.17) is 0 Å². The van der Waals surface area contributed by atoms with Crippen molar-refractivity contribution >= 4 is 46.4 Å². The van der Waals surface area contributed by atoms with Crippen LogP contribution in [0.25, 0.3) is 12.2 Å². The standard InChI is InChI=1S/C20H14O2S2/c21-19(11-9-17-3-1-13-23-17)15-5-7-16(8-6-15)20(22)12-10-18-4-2-14-24-18/h1-14H/b11-9-,12-10+. The number of benzene rings is 1. The number of rotatable bonds is 6. The zero-order chi connectivity index (χ0) is 16.8. The van der Waals surface area contributed by atoms with Gasteiger partial charge < -0.3 is 0 Å². The van der Waals surface area contributed by atoms with Gasteiger partial charge in [-0.2, -0.15) is 0 Å². The SMILES string of the molecule is O=C(/C=C\c1cccs1)c1ccc(C(=O)/C=C/c2cccs2)cc1. The highest BCUT2D eigenvalue weighted by molar-refractivity contribution is 7.11. The Labute approximate surface area is 148 Å². The van der Waals surface area contributed by atoms with Crippen LogP contribution >= 0.6 is 22.7 Å². The zero-order valence-electron chi connectivity index (χ0n) is 12.7. The summed E-state index contributed by atoms with van der Waals surface area (Å²) in [6, 6.07) is 14.5. The van der Waals surface area contributed by atoms with Crippen LogP contribution in [0.3, 0.4) is 0 Å². The maximum atomic E-state index is 12.1. The van der Waals surface area contributed by atoms with E-state index >= 15 is 0 Å². The normalized spacial score (nSPS) is 11.3. The van der Waals surface area contributed by atoms with Crippen LogP contribution in [0.1, 0.15) is 30.5 Å². The molecule has 0 amide bonds. The molecule has 0 aliphatic heterocycles. The summed E-state index contributed by atoms with van der Waals surface area (Å²) in [5.74, 6) is -0.145. The van der Waals surface area contributed by atoms with Crippen LogP contribution in [0.5, 0.6) is 0 Å². The highest BCUT2D eigenvalue weighted by Crippen LogP contribution is 2.14. The molecule has 2 aromatic heterocycles. The summed E-state index contributed by atoms with van der Waals surface area (Å²) in [7, 11) is 0. The Bertz CT molecular complexity index is 793. The third-order valence-corrected chi connectivity index (χ3v) is 5.01. The fourth-order valence-electron chi connectivity index (χ4n) is 2.08. The Morgan fingerprint density at radius 3 is 1.42 bits per heavy atom. The van der Waals surface area contributed by atoms with Crippen LogP contribution in [-0.4, -0.2) is 11.6 Å². The molecule has 24 heavy (non-hydrogen) atoms. The van der Waals surface area contributed by atoms with Crippen molar-refractivity contribution in [3.8, 4) is 0 Å². The Morgan fingerprint density at radius 2 is 1.08 bits per heavy atom. The van der Waals surface area contributed by atoms with Crippen LogP contribution in [0.15, 0.2) is 71.4 Å². The molecule has 0 fully saturated rings. The lowest BCUT2D eigenvalue weighted by Gasteiger charge is -1.99. The summed E-state index contributed by atoms with van der Waals surface area (Å²) in [4.78, 5) is 26.3. The van der Waals surface area contributed by atoms with Crippen molar-refractivity contribution in [2.45, 2.75) is 0 Å². The first-order chi connectivity index (χ1) is 11.7. The van der Waals surface area contributed by atoms with E-state index < -0.39 is 0 Å². The molecule has 0 N–H and O–H groups in total.